The highest BCUT2D eigenvalue weighted by molar-refractivity contribution is 5.84. The third-order valence-corrected chi connectivity index (χ3v) is 1.87. The van der Waals surface area contributed by atoms with Crippen LogP contribution in [0.5, 0.6) is 5.75 Å². The summed E-state index contributed by atoms with van der Waals surface area (Å²) in [6, 6.07) is 3.35. The second-order valence-corrected chi connectivity index (χ2v) is 2.87. The van der Waals surface area contributed by atoms with Crippen LogP contribution in [0.4, 0.5) is 5.69 Å². The summed E-state index contributed by atoms with van der Waals surface area (Å²) in [6.07, 6.45) is 1.56. The molecule has 5 nitrogen and oxygen atoms in total. The molecular formula is C9H11N3O2. The number of anilines is 1. The van der Waals surface area contributed by atoms with Crippen molar-refractivity contribution < 1.29 is 11.3 Å². The van der Waals surface area contributed by atoms with Crippen LogP contribution in [0.1, 0.15) is 0 Å². The Morgan fingerprint density at radius 2 is 2.50 bits per heavy atom. The van der Waals surface area contributed by atoms with E-state index in [-0.39, 0.29) is 13.2 Å². The first-order valence-electron chi connectivity index (χ1n) is 4.67. The minimum atomic E-state index is -0.0651. The molecule has 0 atom stereocenters. The van der Waals surface area contributed by atoms with Gasteiger partial charge in [0.2, 0.25) is 0 Å². The van der Waals surface area contributed by atoms with Gasteiger partial charge in [-0.05, 0) is 6.07 Å². The zero-order chi connectivity index (χ0) is 10.8. The molecule has 4 N–H and O–H groups in total. The Bertz CT molecular complexity index is 483. The summed E-state index contributed by atoms with van der Waals surface area (Å²) in [7, 11) is 0. The molecule has 0 bridgehead atoms. The number of rotatable bonds is 3. The van der Waals surface area contributed by atoms with Gasteiger partial charge in [0.25, 0.3) is 0 Å². The van der Waals surface area contributed by atoms with Crippen LogP contribution in [0, 0.1) is 0 Å². The molecule has 0 unspecified atom stereocenters. The van der Waals surface area contributed by atoms with Gasteiger partial charge in [-0.15, -0.1) is 0 Å². The number of H-pyrrole nitrogens is 1. The molecule has 0 fully saturated rings. The topological polar surface area (TPSA) is 84.2 Å². The monoisotopic (exact) mass is 194 g/mol. The van der Waals surface area contributed by atoms with Gasteiger partial charge in [-0.2, -0.15) is 5.10 Å². The van der Waals surface area contributed by atoms with Crippen LogP contribution in [0.2, 0.25) is 1.41 Å². The third kappa shape index (κ3) is 1.49. The first-order valence-corrected chi connectivity index (χ1v) is 4.22. The van der Waals surface area contributed by atoms with Crippen LogP contribution in [-0.4, -0.2) is 28.5 Å². The van der Waals surface area contributed by atoms with E-state index in [9.17, 15) is 0 Å². The van der Waals surface area contributed by atoms with Gasteiger partial charge in [0.05, 0.1) is 17.8 Å². The molecule has 0 aliphatic rings. The fourth-order valence-corrected chi connectivity index (χ4v) is 1.23. The summed E-state index contributed by atoms with van der Waals surface area (Å²) in [5, 5.41) is 14.3. The Morgan fingerprint density at radius 3 is 3.29 bits per heavy atom. The number of nitrogen functional groups attached to an aromatic ring is 1. The first-order chi connectivity index (χ1) is 7.20. The molecular weight excluding hydrogens is 182 g/mol. The molecule has 0 amide bonds. The fraction of sp³-hybridized carbons (Fsp3) is 0.222. The lowest BCUT2D eigenvalue weighted by Gasteiger charge is -2.06. The summed E-state index contributed by atoms with van der Waals surface area (Å²) in [5.41, 5.74) is 6.85. The first kappa shape index (κ1) is 7.64. The third-order valence-electron chi connectivity index (χ3n) is 1.87. The van der Waals surface area contributed by atoms with Gasteiger partial charge < -0.3 is 15.6 Å². The minimum Gasteiger partial charge on any atom is -0.489 e. The van der Waals surface area contributed by atoms with Crippen molar-refractivity contribution in [2.45, 2.75) is 0 Å². The maximum Gasteiger partial charge on any atom is 0.189 e. The number of hydrogen-bond acceptors (Lipinski definition) is 4. The molecule has 2 rings (SSSR count). The van der Waals surface area contributed by atoms with Crippen LogP contribution >= 0.6 is 0 Å². The summed E-state index contributed by atoms with van der Waals surface area (Å²) in [4.78, 5) is 0. The van der Waals surface area contributed by atoms with Crippen molar-refractivity contribution in [1.82, 2.24) is 10.2 Å². The molecule has 5 heteroatoms. The number of aliphatic hydroxyl groups excluding tert-OH is 1. The minimum absolute atomic E-state index is 0.0651. The number of nitrogens with one attached hydrogen (secondary N) is 1. The average molecular weight is 194 g/mol. The van der Waals surface area contributed by atoms with Gasteiger partial charge in [0.15, 0.2) is 1.41 Å². The molecule has 1 heterocycles. The standard InChI is InChI=1S/C9H11N3O2/c10-7-3-6-5-11-12-8(6)4-9(7)14-2-1-13/h3-5,13H,1-2,10H2,(H,11,12)/i/hD. The number of nitrogens with two attached hydrogens (primary N) is 1. The van der Waals surface area contributed by atoms with Crippen LogP contribution in [0.25, 0.3) is 10.9 Å². The van der Waals surface area contributed by atoms with Gasteiger partial charge in [0.1, 0.15) is 12.4 Å². The van der Waals surface area contributed by atoms with E-state index in [0.29, 0.717) is 17.0 Å². The molecule has 1 aromatic heterocycles. The molecule has 2 aromatic rings. The van der Waals surface area contributed by atoms with Crippen molar-refractivity contribution >= 4 is 16.6 Å². The van der Waals surface area contributed by atoms with Crippen molar-refractivity contribution in [3.63, 3.8) is 0 Å². The zero-order valence-electron chi connectivity index (χ0n) is 8.47. The number of fused-ring (bicyclic) bond motifs is 1. The summed E-state index contributed by atoms with van der Waals surface area (Å²) in [5.74, 6) is 0.482. The van der Waals surface area contributed by atoms with Crippen molar-refractivity contribution in [1.29, 1.82) is 0 Å². The van der Waals surface area contributed by atoms with Crippen molar-refractivity contribution in [2.75, 3.05) is 18.9 Å². The Balaban J connectivity index is 2.42. The normalized spacial score (nSPS) is 11.6. The fourth-order valence-electron chi connectivity index (χ4n) is 1.23. The SMILES string of the molecule is [2H]n1cc2cc(N)c(OCCO)cc2n1. The van der Waals surface area contributed by atoms with Crippen molar-refractivity contribution in [3.8, 4) is 5.75 Å². The Kier molecular flexibility index (Phi) is 1.94. The predicted molar refractivity (Wildman–Crippen MR) is 53.1 cm³/mol. The molecule has 0 saturated heterocycles. The Morgan fingerprint density at radius 1 is 1.64 bits per heavy atom. The summed E-state index contributed by atoms with van der Waals surface area (Å²) < 4.78 is 12.5. The Labute approximate surface area is 82.0 Å². The van der Waals surface area contributed by atoms with Crippen LogP contribution < -0.4 is 10.5 Å². The highest BCUT2D eigenvalue weighted by Gasteiger charge is 2.04. The van der Waals surface area contributed by atoms with Gasteiger partial charge >= 0.3 is 0 Å². The molecule has 74 valence electrons. The van der Waals surface area contributed by atoms with Crippen LogP contribution in [0.3, 0.4) is 0 Å². The van der Waals surface area contributed by atoms with Crippen LogP contribution in [-0.2, 0) is 0 Å². The maximum absolute atomic E-state index is 8.62. The van der Waals surface area contributed by atoms with E-state index in [1.54, 1.807) is 18.3 Å². The van der Waals surface area contributed by atoms with Gasteiger partial charge in [-0.25, -0.2) is 0 Å². The average Bonchev–Trinajstić information content (AvgIpc) is 2.53. The second kappa shape index (κ2) is 3.55. The van der Waals surface area contributed by atoms with E-state index in [0.717, 1.165) is 10.5 Å². The van der Waals surface area contributed by atoms with E-state index in [1.165, 1.54) is 0 Å². The number of benzene rings is 1. The second-order valence-electron chi connectivity index (χ2n) is 2.87. The molecule has 0 aliphatic heterocycles. The van der Waals surface area contributed by atoms with Gasteiger partial charge in [-0.1, -0.05) is 0 Å². The van der Waals surface area contributed by atoms with Crippen molar-refractivity contribution in [3.05, 3.63) is 18.3 Å². The number of aliphatic hydroxyl groups is 1. The maximum atomic E-state index is 8.62. The lowest BCUT2D eigenvalue weighted by atomic mass is 10.2. The van der Waals surface area contributed by atoms with Gasteiger partial charge in [0, 0.05) is 17.6 Å². The molecule has 0 radical (unpaired) electrons. The van der Waals surface area contributed by atoms with Crippen molar-refractivity contribution in [2.24, 2.45) is 0 Å². The molecule has 1 aromatic carbocycles. The number of aromatic amines is 1. The van der Waals surface area contributed by atoms with Gasteiger partial charge in [-0.3, -0.25) is 5.09 Å². The van der Waals surface area contributed by atoms with Crippen LogP contribution in [0.15, 0.2) is 18.3 Å². The van der Waals surface area contributed by atoms with E-state index >= 15 is 0 Å². The van der Waals surface area contributed by atoms with E-state index in [4.69, 9.17) is 17.0 Å². The zero-order valence-corrected chi connectivity index (χ0v) is 7.47. The Hall–Kier alpha value is -1.75. The van der Waals surface area contributed by atoms with E-state index < -0.39 is 0 Å². The molecule has 0 saturated carbocycles. The highest BCUT2D eigenvalue weighted by Crippen LogP contribution is 2.26. The molecule has 0 spiro atoms. The quantitative estimate of drug-likeness (QED) is 0.622. The smallest absolute Gasteiger partial charge is 0.189 e. The number of nitrogens with zero attached hydrogens (tertiary/aromatic N) is 1. The predicted octanol–water partition coefficient (Wildman–Crippen LogP) is 0.516. The number of aromatic nitrogens is 2. The summed E-state index contributed by atoms with van der Waals surface area (Å²) in [6.45, 7) is 0.127. The lowest BCUT2D eigenvalue weighted by Crippen LogP contribution is -2.03. The number of hydrogen-bond donors (Lipinski definition) is 3. The largest absolute Gasteiger partial charge is 0.489 e. The summed E-state index contributed by atoms with van der Waals surface area (Å²) >= 11 is 0. The van der Waals surface area contributed by atoms with E-state index in [1.807, 2.05) is 0 Å². The lowest BCUT2D eigenvalue weighted by molar-refractivity contribution is 0.202. The molecule has 0 aliphatic carbocycles. The molecule has 14 heavy (non-hydrogen) atoms. The van der Waals surface area contributed by atoms with E-state index in [2.05, 4.69) is 5.10 Å². The highest BCUT2D eigenvalue weighted by atomic mass is 16.5. The number of ether oxygens (including phenoxy) is 1.